The first-order chi connectivity index (χ1) is 11.2. The van der Waals surface area contributed by atoms with Crippen molar-refractivity contribution in [3.63, 3.8) is 0 Å². The predicted octanol–water partition coefficient (Wildman–Crippen LogP) is 4.16. The number of benzene rings is 2. The van der Waals surface area contributed by atoms with Crippen molar-refractivity contribution in [1.82, 2.24) is 0 Å². The van der Waals surface area contributed by atoms with Crippen LogP contribution in [0.4, 0.5) is 5.69 Å². The number of ether oxygens (including phenoxy) is 2. The molecule has 0 atom stereocenters. The van der Waals surface area contributed by atoms with Gasteiger partial charge in [0.2, 0.25) is 0 Å². The summed E-state index contributed by atoms with van der Waals surface area (Å²) in [5, 5.41) is 3.37. The highest BCUT2D eigenvalue weighted by Gasteiger charge is 2.06. The highest BCUT2D eigenvalue weighted by atomic mass is 16.5. The van der Waals surface area contributed by atoms with Gasteiger partial charge in [0, 0.05) is 29.4 Å². The Morgan fingerprint density at radius 1 is 1.09 bits per heavy atom. The van der Waals surface area contributed by atoms with Crippen LogP contribution in [0.5, 0.6) is 11.5 Å². The van der Waals surface area contributed by atoms with Crippen LogP contribution < -0.4 is 14.8 Å². The molecule has 0 aliphatic carbocycles. The lowest BCUT2D eigenvalue weighted by atomic mass is 10.1. The zero-order chi connectivity index (χ0) is 16.7. The van der Waals surface area contributed by atoms with Crippen LogP contribution in [0.2, 0.25) is 0 Å². The van der Waals surface area contributed by atoms with Crippen LogP contribution in [0.1, 0.15) is 28.4 Å². The standard InChI is InChI=1S/C19H21NO3/c1-4-6-18-15(13-21)7-5-8-19(18)20-12-14-9-16(22-2)11-17(10-14)23-3/h4-11,13,20H,12H2,1-3H3/b6-4-. The van der Waals surface area contributed by atoms with E-state index in [1.165, 1.54) is 0 Å². The number of hydrogen-bond acceptors (Lipinski definition) is 4. The van der Waals surface area contributed by atoms with Crippen molar-refractivity contribution in [2.75, 3.05) is 19.5 Å². The fourth-order valence-electron chi connectivity index (χ4n) is 2.36. The van der Waals surface area contributed by atoms with Crippen molar-refractivity contribution < 1.29 is 14.3 Å². The lowest BCUT2D eigenvalue weighted by molar-refractivity contribution is 0.112. The van der Waals surface area contributed by atoms with E-state index in [-0.39, 0.29) is 0 Å². The van der Waals surface area contributed by atoms with Gasteiger partial charge in [-0.15, -0.1) is 0 Å². The second-order valence-electron chi connectivity index (χ2n) is 5.00. The van der Waals surface area contributed by atoms with E-state index in [4.69, 9.17) is 9.47 Å². The Balaban J connectivity index is 2.26. The molecular weight excluding hydrogens is 290 g/mol. The number of aldehydes is 1. The maximum absolute atomic E-state index is 11.2. The number of carbonyl (C=O) groups is 1. The summed E-state index contributed by atoms with van der Waals surface area (Å²) in [6, 6.07) is 11.4. The summed E-state index contributed by atoms with van der Waals surface area (Å²) >= 11 is 0. The second kappa shape index (κ2) is 8.03. The third kappa shape index (κ3) is 4.13. The predicted molar refractivity (Wildman–Crippen MR) is 93.4 cm³/mol. The molecule has 0 unspecified atom stereocenters. The average Bonchev–Trinajstić information content (AvgIpc) is 2.60. The summed E-state index contributed by atoms with van der Waals surface area (Å²) in [6.07, 6.45) is 4.72. The molecule has 0 radical (unpaired) electrons. The minimum Gasteiger partial charge on any atom is -0.497 e. The van der Waals surface area contributed by atoms with Gasteiger partial charge in [0.1, 0.15) is 11.5 Å². The third-order valence-electron chi connectivity index (χ3n) is 3.49. The molecule has 23 heavy (non-hydrogen) atoms. The van der Waals surface area contributed by atoms with E-state index in [1.807, 2.05) is 55.5 Å². The quantitative estimate of drug-likeness (QED) is 0.780. The van der Waals surface area contributed by atoms with Gasteiger partial charge in [0.05, 0.1) is 14.2 Å². The van der Waals surface area contributed by atoms with Crippen molar-refractivity contribution in [3.05, 3.63) is 59.2 Å². The Hall–Kier alpha value is -2.75. The molecule has 4 heteroatoms. The first-order valence-electron chi connectivity index (χ1n) is 7.38. The summed E-state index contributed by atoms with van der Waals surface area (Å²) in [5.41, 5.74) is 3.50. The maximum Gasteiger partial charge on any atom is 0.150 e. The van der Waals surface area contributed by atoms with Crippen LogP contribution in [-0.2, 0) is 6.54 Å². The minimum atomic E-state index is 0.598. The number of allylic oxidation sites excluding steroid dienone is 1. The van der Waals surface area contributed by atoms with Gasteiger partial charge in [-0.05, 0) is 30.7 Å². The zero-order valence-corrected chi connectivity index (χ0v) is 13.6. The average molecular weight is 311 g/mol. The monoisotopic (exact) mass is 311 g/mol. The third-order valence-corrected chi connectivity index (χ3v) is 3.49. The number of carbonyl (C=O) groups excluding carboxylic acids is 1. The molecule has 2 aromatic rings. The molecule has 0 aliphatic heterocycles. The van der Waals surface area contributed by atoms with Gasteiger partial charge in [0.15, 0.2) is 6.29 Å². The number of hydrogen-bond donors (Lipinski definition) is 1. The maximum atomic E-state index is 11.2. The van der Waals surface area contributed by atoms with E-state index in [9.17, 15) is 4.79 Å². The first-order valence-corrected chi connectivity index (χ1v) is 7.38. The highest BCUT2D eigenvalue weighted by Crippen LogP contribution is 2.25. The van der Waals surface area contributed by atoms with Crippen LogP contribution in [0.25, 0.3) is 6.08 Å². The van der Waals surface area contributed by atoms with Crippen molar-refractivity contribution in [2.24, 2.45) is 0 Å². The molecular formula is C19H21NO3. The molecule has 0 saturated heterocycles. The topological polar surface area (TPSA) is 47.6 Å². The smallest absolute Gasteiger partial charge is 0.150 e. The largest absolute Gasteiger partial charge is 0.497 e. The van der Waals surface area contributed by atoms with Gasteiger partial charge in [-0.1, -0.05) is 24.3 Å². The SMILES string of the molecule is C/C=C\c1c(C=O)cccc1NCc1cc(OC)cc(OC)c1. The number of methoxy groups -OCH3 is 2. The van der Waals surface area contributed by atoms with E-state index < -0.39 is 0 Å². The molecule has 0 amide bonds. The fraction of sp³-hybridized carbons (Fsp3) is 0.211. The molecule has 0 fully saturated rings. The van der Waals surface area contributed by atoms with Gasteiger partial charge >= 0.3 is 0 Å². The van der Waals surface area contributed by atoms with Crippen molar-refractivity contribution in [3.8, 4) is 11.5 Å². The summed E-state index contributed by atoms with van der Waals surface area (Å²) < 4.78 is 10.6. The van der Waals surface area contributed by atoms with Gasteiger partial charge in [-0.2, -0.15) is 0 Å². The molecule has 0 heterocycles. The zero-order valence-electron chi connectivity index (χ0n) is 13.6. The summed E-state index contributed by atoms with van der Waals surface area (Å²) in [6.45, 7) is 2.53. The molecule has 120 valence electrons. The van der Waals surface area contributed by atoms with E-state index in [0.29, 0.717) is 12.1 Å². The van der Waals surface area contributed by atoms with E-state index in [2.05, 4.69) is 5.32 Å². The molecule has 2 aromatic carbocycles. The normalized spacial score (nSPS) is 10.6. The fourth-order valence-corrected chi connectivity index (χ4v) is 2.36. The molecule has 4 nitrogen and oxygen atoms in total. The van der Waals surface area contributed by atoms with Crippen molar-refractivity contribution in [1.29, 1.82) is 0 Å². The molecule has 0 aliphatic rings. The Bertz CT molecular complexity index is 686. The van der Waals surface area contributed by atoms with Crippen LogP contribution >= 0.6 is 0 Å². The lowest BCUT2D eigenvalue weighted by Crippen LogP contribution is -2.03. The Morgan fingerprint density at radius 2 is 1.78 bits per heavy atom. The van der Waals surface area contributed by atoms with E-state index in [0.717, 1.165) is 34.6 Å². The number of rotatable bonds is 7. The van der Waals surface area contributed by atoms with Crippen LogP contribution in [0.3, 0.4) is 0 Å². The van der Waals surface area contributed by atoms with Gasteiger partial charge < -0.3 is 14.8 Å². The molecule has 2 rings (SSSR count). The van der Waals surface area contributed by atoms with Crippen LogP contribution in [0.15, 0.2) is 42.5 Å². The highest BCUT2D eigenvalue weighted by molar-refractivity contribution is 5.86. The first kappa shape index (κ1) is 16.6. The Kier molecular flexibility index (Phi) is 5.80. The minimum absolute atomic E-state index is 0.598. The van der Waals surface area contributed by atoms with Crippen LogP contribution in [-0.4, -0.2) is 20.5 Å². The second-order valence-corrected chi connectivity index (χ2v) is 5.00. The molecule has 0 bridgehead atoms. The Morgan fingerprint density at radius 3 is 2.35 bits per heavy atom. The van der Waals surface area contributed by atoms with Crippen molar-refractivity contribution >= 4 is 18.0 Å². The van der Waals surface area contributed by atoms with E-state index >= 15 is 0 Å². The molecule has 1 N–H and O–H groups in total. The molecule has 0 aromatic heterocycles. The number of anilines is 1. The summed E-state index contributed by atoms with van der Waals surface area (Å²) in [4.78, 5) is 11.2. The summed E-state index contributed by atoms with van der Waals surface area (Å²) in [5.74, 6) is 1.49. The van der Waals surface area contributed by atoms with Gasteiger partial charge in [-0.3, -0.25) is 4.79 Å². The van der Waals surface area contributed by atoms with Gasteiger partial charge in [-0.25, -0.2) is 0 Å². The Labute approximate surface area is 136 Å². The van der Waals surface area contributed by atoms with E-state index in [1.54, 1.807) is 14.2 Å². The molecule has 0 saturated carbocycles. The number of nitrogens with one attached hydrogen (secondary N) is 1. The van der Waals surface area contributed by atoms with Gasteiger partial charge in [0.25, 0.3) is 0 Å². The lowest BCUT2D eigenvalue weighted by Gasteiger charge is -2.13. The van der Waals surface area contributed by atoms with Crippen molar-refractivity contribution in [2.45, 2.75) is 13.5 Å². The summed E-state index contributed by atoms with van der Waals surface area (Å²) in [7, 11) is 3.26. The van der Waals surface area contributed by atoms with Crippen LogP contribution in [0, 0.1) is 0 Å². The molecule has 0 spiro atoms.